The molecule has 0 aliphatic rings. The summed E-state index contributed by atoms with van der Waals surface area (Å²) in [5, 5.41) is 12.2. The van der Waals surface area contributed by atoms with Crippen molar-refractivity contribution in [1.82, 2.24) is 15.5 Å². The number of amides is 1. The first-order valence-electron chi connectivity index (χ1n) is 8.60. The minimum atomic E-state index is -0.932. The monoisotopic (exact) mass is 387 g/mol. The topological polar surface area (TPSA) is 54.9 Å². The maximum Gasteiger partial charge on any atom is 0.217 e. The van der Waals surface area contributed by atoms with Crippen LogP contribution >= 0.6 is 11.3 Å². The van der Waals surface area contributed by atoms with Crippen molar-refractivity contribution in [2.75, 3.05) is 0 Å². The van der Waals surface area contributed by atoms with Gasteiger partial charge in [-0.1, -0.05) is 42.5 Å². The van der Waals surface area contributed by atoms with Crippen molar-refractivity contribution >= 4 is 17.2 Å². The number of aromatic nitrogens is 2. The second-order valence-corrected chi connectivity index (χ2v) is 7.21. The zero-order valence-electron chi connectivity index (χ0n) is 15.0. The first-order chi connectivity index (χ1) is 13.0. The van der Waals surface area contributed by atoms with Crippen molar-refractivity contribution in [2.45, 2.75) is 32.7 Å². The van der Waals surface area contributed by atoms with Gasteiger partial charge in [-0.25, -0.2) is 8.78 Å². The number of carbonyl (C=O) groups is 1. The number of hydrogen-bond donors (Lipinski definition) is 1. The van der Waals surface area contributed by atoms with Gasteiger partial charge in [0.15, 0.2) is 11.6 Å². The van der Waals surface area contributed by atoms with E-state index in [9.17, 15) is 13.6 Å². The van der Waals surface area contributed by atoms with Gasteiger partial charge in [-0.15, -0.1) is 10.2 Å². The quantitative estimate of drug-likeness (QED) is 0.679. The summed E-state index contributed by atoms with van der Waals surface area (Å²) in [7, 11) is 0. The van der Waals surface area contributed by atoms with E-state index in [1.165, 1.54) is 29.9 Å². The molecule has 0 aliphatic heterocycles. The van der Waals surface area contributed by atoms with Crippen LogP contribution in [0.15, 0.2) is 42.5 Å². The molecule has 0 bridgehead atoms. The van der Waals surface area contributed by atoms with E-state index in [-0.39, 0.29) is 11.9 Å². The van der Waals surface area contributed by atoms with E-state index in [1.54, 1.807) is 0 Å². The van der Waals surface area contributed by atoms with Crippen LogP contribution in [0.3, 0.4) is 0 Å². The van der Waals surface area contributed by atoms with Crippen molar-refractivity contribution in [3.05, 3.63) is 70.2 Å². The molecule has 1 N–H and O–H groups in total. The summed E-state index contributed by atoms with van der Waals surface area (Å²) in [6, 6.07) is 11.5. The van der Waals surface area contributed by atoms with Gasteiger partial charge >= 0.3 is 0 Å². The molecular weight excluding hydrogens is 368 g/mol. The summed E-state index contributed by atoms with van der Waals surface area (Å²) in [6.45, 7) is 3.54. The number of nitrogens with one attached hydrogen (secondary N) is 1. The lowest BCUT2D eigenvalue weighted by Gasteiger charge is -2.15. The predicted octanol–water partition coefficient (Wildman–Crippen LogP) is 4.47. The van der Waals surface area contributed by atoms with E-state index in [4.69, 9.17) is 0 Å². The standard InChI is InChI=1S/C20H19F2N3OS/c1-3-13-4-6-14(7-5-13)10-18(23-12(2)26)20-25-24-19(27-20)15-8-9-16(21)17(22)11-15/h4-9,11,18H,3,10H2,1-2H3,(H,23,26). The highest BCUT2D eigenvalue weighted by atomic mass is 32.1. The normalized spacial score (nSPS) is 12.0. The zero-order valence-corrected chi connectivity index (χ0v) is 15.8. The van der Waals surface area contributed by atoms with Gasteiger partial charge in [0.2, 0.25) is 5.91 Å². The third-order valence-electron chi connectivity index (χ3n) is 4.15. The van der Waals surface area contributed by atoms with Crippen LogP contribution < -0.4 is 5.32 Å². The lowest BCUT2D eigenvalue weighted by atomic mass is 10.0. The van der Waals surface area contributed by atoms with E-state index in [2.05, 4.69) is 34.6 Å². The maximum atomic E-state index is 13.5. The number of carbonyl (C=O) groups excluding carboxylic acids is 1. The third-order valence-corrected chi connectivity index (χ3v) is 5.24. The van der Waals surface area contributed by atoms with Crippen molar-refractivity contribution in [1.29, 1.82) is 0 Å². The van der Waals surface area contributed by atoms with Crippen molar-refractivity contribution in [3.8, 4) is 10.6 Å². The Balaban J connectivity index is 1.85. The van der Waals surface area contributed by atoms with Gasteiger partial charge in [0.1, 0.15) is 10.0 Å². The van der Waals surface area contributed by atoms with E-state index in [1.807, 2.05) is 12.1 Å². The van der Waals surface area contributed by atoms with Crippen LogP contribution in [-0.2, 0) is 17.6 Å². The van der Waals surface area contributed by atoms with Crippen LogP contribution in [-0.4, -0.2) is 16.1 Å². The minimum Gasteiger partial charge on any atom is -0.347 e. The van der Waals surface area contributed by atoms with Crippen LogP contribution in [0, 0.1) is 11.6 Å². The van der Waals surface area contributed by atoms with Crippen molar-refractivity contribution < 1.29 is 13.6 Å². The van der Waals surface area contributed by atoms with Crippen LogP contribution in [0.1, 0.15) is 36.0 Å². The van der Waals surface area contributed by atoms with Crippen LogP contribution in [0.4, 0.5) is 8.78 Å². The highest BCUT2D eigenvalue weighted by molar-refractivity contribution is 7.14. The molecule has 1 amide bonds. The van der Waals surface area contributed by atoms with Gasteiger partial charge in [0.05, 0.1) is 6.04 Å². The molecule has 4 nitrogen and oxygen atoms in total. The van der Waals surface area contributed by atoms with E-state index >= 15 is 0 Å². The summed E-state index contributed by atoms with van der Waals surface area (Å²) in [6.07, 6.45) is 1.53. The fourth-order valence-corrected chi connectivity index (χ4v) is 3.60. The molecule has 0 aliphatic carbocycles. The SMILES string of the molecule is CCc1ccc(CC(NC(C)=O)c2nnc(-c3ccc(F)c(F)c3)s2)cc1. The molecule has 1 atom stereocenters. The lowest BCUT2D eigenvalue weighted by molar-refractivity contribution is -0.119. The van der Waals surface area contributed by atoms with Gasteiger partial charge < -0.3 is 5.32 Å². The Bertz CT molecular complexity index is 941. The van der Waals surface area contributed by atoms with E-state index in [0.717, 1.165) is 24.1 Å². The molecule has 1 aromatic heterocycles. The molecule has 0 fully saturated rings. The summed E-state index contributed by atoms with van der Waals surface area (Å²) in [5.41, 5.74) is 2.76. The Hall–Kier alpha value is -2.67. The summed E-state index contributed by atoms with van der Waals surface area (Å²) >= 11 is 1.25. The molecule has 140 valence electrons. The Morgan fingerprint density at radius 1 is 1.07 bits per heavy atom. The average molecular weight is 387 g/mol. The largest absolute Gasteiger partial charge is 0.347 e. The molecule has 0 spiro atoms. The highest BCUT2D eigenvalue weighted by Gasteiger charge is 2.19. The molecule has 0 saturated carbocycles. The van der Waals surface area contributed by atoms with Crippen LogP contribution in [0.2, 0.25) is 0 Å². The predicted molar refractivity (Wildman–Crippen MR) is 101 cm³/mol. The molecule has 0 saturated heterocycles. The van der Waals surface area contributed by atoms with E-state index < -0.39 is 11.6 Å². The summed E-state index contributed by atoms with van der Waals surface area (Å²) < 4.78 is 26.6. The third kappa shape index (κ3) is 4.74. The Morgan fingerprint density at radius 2 is 1.78 bits per heavy atom. The lowest BCUT2D eigenvalue weighted by Crippen LogP contribution is -2.27. The summed E-state index contributed by atoms with van der Waals surface area (Å²) in [5.74, 6) is -2.01. The van der Waals surface area contributed by atoms with Crippen molar-refractivity contribution in [3.63, 3.8) is 0 Å². The first kappa shape index (κ1) is 19.1. The number of benzene rings is 2. The molecule has 27 heavy (non-hydrogen) atoms. The van der Waals surface area contributed by atoms with Gasteiger partial charge in [0, 0.05) is 12.5 Å². The van der Waals surface area contributed by atoms with E-state index in [0.29, 0.717) is 22.0 Å². The molecular formula is C20H19F2N3OS. The number of nitrogens with zero attached hydrogens (tertiary/aromatic N) is 2. The average Bonchev–Trinajstić information content (AvgIpc) is 3.14. The van der Waals surface area contributed by atoms with Crippen LogP contribution in [0.25, 0.3) is 10.6 Å². The fourth-order valence-electron chi connectivity index (χ4n) is 2.71. The maximum absolute atomic E-state index is 13.5. The molecule has 3 rings (SSSR count). The van der Waals surface area contributed by atoms with Crippen LogP contribution in [0.5, 0.6) is 0 Å². The Kier molecular flexibility index (Phi) is 5.91. The van der Waals surface area contributed by atoms with Gasteiger partial charge in [0.25, 0.3) is 0 Å². The Morgan fingerprint density at radius 3 is 2.41 bits per heavy atom. The Labute approximate surface area is 160 Å². The number of aryl methyl sites for hydroxylation is 1. The highest BCUT2D eigenvalue weighted by Crippen LogP contribution is 2.29. The molecule has 1 heterocycles. The minimum absolute atomic E-state index is 0.172. The smallest absolute Gasteiger partial charge is 0.217 e. The number of hydrogen-bond acceptors (Lipinski definition) is 4. The molecule has 2 aromatic carbocycles. The van der Waals surface area contributed by atoms with Gasteiger partial charge in [-0.05, 0) is 42.2 Å². The second kappa shape index (κ2) is 8.35. The van der Waals surface area contributed by atoms with Crippen molar-refractivity contribution in [2.24, 2.45) is 0 Å². The molecule has 0 radical (unpaired) electrons. The number of rotatable bonds is 6. The molecule has 7 heteroatoms. The summed E-state index contributed by atoms with van der Waals surface area (Å²) in [4.78, 5) is 11.6. The number of halogens is 2. The van der Waals surface area contributed by atoms with Gasteiger partial charge in [-0.2, -0.15) is 0 Å². The molecule has 3 aromatic rings. The zero-order chi connectivity index (χ0) is 19.4. The second-order valence-electron chi connectivity index (χ2n) is 6.20. The first-order valence-corrected chi connectivity index (χ1v) is 9.41. The fraction of sp³-hybridized carbons (Fsp3) is 0.250. The molecule has 1 unspecified atom stereocenters. The van der Waals surface area contributed by atoms with Gasteiger partial charge in [-0.3, -0.25) is 4.79 Å².